The number of nitrogen functional groups attached to an aromatic ring is 1. The van der Waals surface area contributed by atoms with Crippen molar-refractivity contribution in [2.75, 3.05) is 19.4 Å². The minimum Gasteiger partial charge on any atom is -0.465 e. The maximum absolute atomic E-state index is 11.3. The van der Waals surface area contributed by atoms with Crippen LogP contribution in [0.25, 0.3) is 6.08 Å². The molecule has 18 heavy (non-hydrogen) atoms. The van der Waals surface area contributed by atoms with Gasteiger partial charge >= 0.3 is 5.97 Å². The molecule has 0 aliphatic rings. The molecule has 0 bridgehead atoms. The Morgan fingerprint density at radius 1 is 1.44 bits per heavy atom. The molecular weight excluding hydrogens is 232 g/mol. The highest BCUT2D eigenvalue weighted by molar-refractivity contribution is 5.91. The molecule has 5 heteroatoms. The van der Waals surface area contributed by atoms with Crippen molar-refractivity contribution in [3.63, 3.8) is 0 Å². The van der Waals surface area contributed by atoms with Crippen molar-refractivity contribution in [1.82, 2.24) is 5.32 Å². The Hall–Kier alpha value is -2.30. The van der Waals surface area contributed by atoms with Gasteiger partial charge in [-0.2, -0.15) is 0 Å². The van der Waals surface area contributed by atoms with Crippen molar-refractivity contribution >= 4 is 23.6 Å². The largest absolute Gasteiger partial charge is 0.465 e. The van der Waals surface area contributed by atoms with Crippen LogP contribution in [0.5, 0.6) is 0 Å². The number of ether oxygens (including phenoxy) is 1. The average molecular weight is 248 g/mol. The van der Waals surface area contributed by atoms with Gasteiger partial charge in [0.25, 0.3) is 0 Å². The second kappa shape index (κ2) is 6.44. The molecule has 1 amide bonds. The second-order valence-corrected chi connectivity index (χ2v) is 3.67. The van der Waals surface area contributed by atoms with E-state index in [0.29, 0.717) is 17.8 Å². The number of amides is 1. The third-order valence-electron chi connectivity index (χ3n) is 2.27. The Bertz CT molecular complexity index is 481. The summed E-state index contributed by atoms with van der Waals surface area (Å²) in [6, 6.07) is 4.93. The van der Waals surface area contributed by atoms with E-state index in [2.05, 4.69) is 10.1 Å². The number of methoxy groups -OCH3 is 1. The fourth-order valence-corrected chi connectivity index (χ4v) is 1.36. The lowest BCUT2D eigenvalue weighted by atomic mass is 10.1. The average Bonchev–Trinajstić information content (AvgIpc) is 2.34. The first-order chi connectivity index (χ1) is 8.54. The smallest absolute Gasteiger partial charge is 0.337 e. The van der Waals surface area contributed by atoms with Crippen LogP contribution in [0.4, 0.5) is 5.69 Å². The Kier molecular flexibility index (Phi) is 4.92. The lowest BCUT2D eigenvalue weighted by Gasteiger charge is -2.04. The van der Waals surface area contributed by atoms with Gasteiger partial charge in [-0.05, 0) is 17.7 Å². The summed E-state index contributed by atoms with van der Waals surface area (Å²) in [4.78, 5) is 21.9. The highest BCUT2D eigenvalue weighted by Crippen LogP contribution is 2.16. The summed E-state index contributed by atoms with van der Waals surface area (Å²) in [6.45, 7) is 1.89. The minimum absolute atomic E-state index is 0.0892. The lowest BCUT2D eigenvalue weighted by molar-refractivity contribution is -0.118. The number of carbonyl (C=O) groups excluding carboxylic acids is 2. The van der Waals surface area contributed by atoms with Crippen molar-refractivity contribution in [3.8, 4) is 0 Å². The normalized spacial score (nSPS) is 10.3. The standard InChI is InChI=1S/C13H16N2O3/c1-9(16)15-7-3-4-10-5-6-11(8-12(10)14)13(17)18-2/h3-6,8H,7,14H2,1-2H3,(H,15,16). The predicted molar refractivity (Wildman–Crippen MR) is 69.9 cm³/mol. The Morgan fingerprint density at radius 3 is 2.72 bits per heavy atom. The fraction of sp³-hybridized carbons (Fsp3) is 0.231. The van der Waals surface area contributed by atoms with Crippen LogP contribution in [0.2, 0.25) is 0 Å². The predicted octanol–water partition coefficient (Wildman–Crippen LogP) is 1.20. The summed E-state index contributed by atoms with van der Waals surface area (Å²) in [6.07, 6.45) is 3.57. The molecule has 0 aliphatic heterocycles. The van der Waals surface area contributed by atoms with Gasteiger partial charge < -0.3 is 15.8 Å². The highest BCUT2D eigenvalue weighted by atomic mass is 16.5. The van der Waals surface area contributed by atoms with E-state index in [1.54, 1.807) is 30.4 Å². The van der Waals surface area contributed by atoms with Crippen molar-refractivity contribution in [1.29, 1.82) is 0 Å². The third-order valence-corrected chi connectivity index (χ3v) is 2.27. The monoisotopic (exact) mass is 248 g/mol. The first kappa shape index (κ1) is 13.8. The Morgan fingerprint density at radius 2 is 2.17 bits per heavy atom. The van der Waals surface area contributed by atoms with Gasteiger partial charge in [0, 0.05) is 19.2 Å². The summed E-state index contributed by atoms with van der Waals surface area (Å²) in [5, 5.41) is 2.63. The molecule has 96 valence electrons. The van der Waals surface area contributed by atoms with Crippen LogP contribution >= 0.6 is 0 Å². The summed E-state index contributed by atoms with van der Waals surface area (Å²) in [7, 11) is 1.32. The van der Waals surface area contributed by atoms with Gasteiger partial charge in [0.1, 0.15) is 0 Å². The van der Waals surface area contributed by atoms with Gasteiger partial charge in [-0.25, -0.2) is 4.79 Å². The first-order valence-corrected chi connectivity index (χ1v) is 5.43. The van der Waals surface area contributed by atoms with Gasteiger partial charge in [0.2, 0.25) is 5.91 Å². The number of hydrogen-bond donors (Lipinski definition) is 2. The molecule has 0 saturated carbocycles. The SMILES string of the molecule is COC(=O)c1ccc(C=CCNC(C)=O)c(N)c1. The first-order valence-electron chi connectivity index (χ1n) is 5.43. The van der Waals surface area contributed by atoms with Gasteiger partial charge in [0.15, 0.2) is 0 Å². The van der Waals surface area contributed by atoms with Crippen LogP contribution in [0.3, 0.4) is 0 Å². The number of rotatable bonds is 4. The number of nitrogens with one attached hydrogen (secondary N) is 1. The molecule has 0 unspecified atom stereocenters. The molecule has 1 rings (SSSR count). The van der Waals surface area contributed by atoms with Crippen molar-refractivity contribution < 1.29 is 14.3 Å². The van der Waals surface area contributed by atoms with Crippen LogP contribution in [0.15, 0.2) is 24.3 Å². The summed E-state index contributed by atoms with van der Waals surface area (Å²) in [5.41, 5.74) is 7.49. The van der Waals surface area contributed by atoms with Crippen molar-refractivity contribution in [3.05, 3.63) is 35.4 Å². The van der Waals surface area contributed by atoms with E-state index in [1.165, 1.54) is 14.0 Å². The molecule has 0 aliphatic carbocycles. The summed E-state index contributed by atoms with van der Waals surface area (Å²) < 4.78 is 4.60. The summed E-state index contributed by atoms with van der Waals surface area (Å²) in [5.74, 6) is -0.510. The summed E-state index contributed by atoms with van der Waals surface area (Å²) >= 11 is 0. The molecule has 0 saturated heterocycles. The minimum atomic E-state index is -0.421. The third kappa shape index (κ3) is 3.93. The quantitative estimate of drug-likeness (QED) is 0.619. The molecule has 0 fully saturated rings. The number of benzene rings is 1. The van der Waals surface area contributed by atoms with Crippen molar-refractivity contribution in [2.45, 2.75) is 6.92 Å². The van der Waals surface area contributed by atoms with E-state index >= 15 is 0 Å². The zero-order valence-corrected chi connectivity index (χ0v) is 10.4. The van der Waals surface area contributed by atoms with E-state index < -0.39 is 5.97 Å². The van der Waals surface area contributed by atoms with E-state index in [0.717, 1.165) is 5.56 Å². The molecule has 0 atom stereocenters. The number of esters is 1. The Balaban J connectivity index is 2.73. The van der Waals surface area contributed by atoms with E-state index in [-0.39, 0.29) is 5.91 Å². The maximum Gasteiger partial charge on any atom is 0.337 e. The molecule has 0 aromatic heterocycles. The fourth-order valence-electron chi connectivity index (χ4n) is 1.36. The maximum atomic E-state index is 11.3. The van der Waals surface area contributed by atoms with E-state index in [9.17, 15) is 9.59 Å². The molecule has 1 aromatic carbocycles. The van der Waals surface area contributed by atoms with Crippen LogP contribution in [0, 0.1) is 0 Å². The van der Waals surface area contributed by atoms with Crippen LogP contribution in [-0.4, -0.2) is 25.5 Å². The number of anilines is 1. The van der Waals surface area contributed by atoms with Gasteiger partial charge in [-0.3, -0.25) is 4.79 Å². The van der Waals surface area contributed by atoms with Gasteiger partial charge in [-0.15, -0.1) is 0 Å². The Labute approximate surface area is 106 Å². The number of nitrogens with two attached hydrogens (primary N) is 1. The molecule has 3 N–H and O–H groups in total. The van der Waals surface area contributed by atoms with Crippen LogP contribution in [-0.2, 0) is 9.53 Å². The molecule has 0 radical (unpaired) electrons. The van der Waals surface area contributed by atoms with E-state index in [4.69, 9.17) is 5.73 Å². The molecule has 5 nitrogen and oxygen atoms in total. The van der Waals surface area contributed by atoms with E-state index in [1.807, 2.05) is 0 Å². The number of hydrogen-bond acceptors (Lipinski definition) is 4. The number of carbonyl (C=O) groups is 2. The van der Waals surface area contributed by atoms with Crippen LogP contribution < -0.4 is 11.1 Å². The van der Waals surface area contributed by atoms with Crippen LogP contribution in [0.1, 0.15) is 22.8 Å². The molecule has 0 spiro atoms. The molecule has 1 aromatic rings. The van der Waals surface area contributed by atoms with Gasteiger partial charge in [-0.1, -0.05) is 18.2 Å². The topological polar surface area (TPSA) is 81.4 Å². The second-order valence-electron chi connectivity index (χ2n) is 3.67. The zero-order valence-electron chi connectivity index (χ0n) is 10.4. The lowest BCUT2D eigenvalue weighted by Crippen LogP contribution is -2.19. The van der Waals surface area contributed by atoms with Gasteiger partial charge in [0.05, 0.1) is 12.7 Å². The highest BCUT2D eigenvalue weighted by Gasteiger charge is 2.06. The molecular formula is C13H16N2O3. The molecule has 0 heterocycles. The zero-order chi connectivity index (χ0) is 13.5. The van der Waals surface area contributed by atoms with Crippen molar-refractivity contribution in [2.24, 2.45) is 0 Å².